The summed E-state index contributed by atoms with van der Waals surface area (Å²) < 4.78 is 36.0. The van der Waals surface area contributed by atoms with Crippen molar-refractivity contribution in [2.75, 3.05) is 0 Å². The molecule has 0 aliphatic carbocycles. The Labute approximate surface area is 83.7 Å². The van der Waals surface area contributed by atoms with E-state index in [0.717, 1.165) is 12.1 Å². The van der Waals surface area contributed by atoms with Crippen molar-refractivity contribution in [3.8, 4) is 0 Å². The average Bonchev–Trinajstić information content (AvgIpc) is 1.99. The molecule has 0 aliphatic rings. The van der Waals surface area contributed by atoms with E-state index in [1.165, 1.54) is 13.0 Å². The van der Waals surface area contributed by atoms with Gasteiger partial charge in [-0.3, -0.25) is 10.1 Å². The Morgan fingerprint density at radius 2 is 2.00 bits per heavy atom. The molecule has 0 heterocycles. The minimum atomic E-state index is -4.29. The van der Waals surface area contributed by atoms with Gasteiger partial charge in [-0.15, -0.1) is 0 Å². The summed E-state index contributed by atoms with van der Waals surface area (Å²) in [5, 5.41) is 10.4. The van der Waals surface area contributed by atoms with Crippen molar-refractivity contribution in [2.45, 2.75) is 19.5 Å². The number of nitro benzene ring substituents is 1. The molecule has 0 N–H and O–H groups in total. The Morgan fingerprint density at radius 3 is 2.40 bits per heavy atom. The Balaban J connectivity index is 2.97. The molecular formula is C9H8F3NO2. The number of nitrogens with zero attached hydrogens (tertiary/aromatic N) is 1. The summed E-state index contributed by atoms with van der Waals surface area (Å²) in [7, 11) is 0. The highest BCUT2D eigenvalue weighted by Gasteiger charge is 2.28. The molecule has 0 fully saturated rings. The van der Waals surface area contributed by atoms with Gasteiger partial charge in [0.25, 0.3) is 5.69 Å². The zero-order chi connectivity index (χ0) is 11.6. The van der Waals surface area contributed by atoms with E-state index in [1.807, 2.05) is 0 Å². The first-order chi connectivity index (χ1) is 6.79. The minimum Gasteiger partial charge on any atom is -0.258 e. The minimum absolute atomic E-state index is 0.0330. The molecule has 0 amide bonds. The van der Waals surface area contributed by atoms with Crippen LogP contribution in [0.15, 0.2) is 18.2 Å². The highest BCUT2D eigenvalue weighted by Crippen LogP contribution is 2.25. The van der Waals surface area contributed by atoms with Crippen LogP contribution >= 0.6 is 0 Å². The third kappa shape index (κ3) is 3.23. The van der Waals surface area contributed by atoms with Crippen molar-refractivity contribution >= 4 is 5.69 Å². The average molecular weight is 219 g/mol. The molecule has 1 aromatic rings. The highest BCUT2D eigenvalue weighted by molar-refractivity contribution is 5.41. The molecular weight excluding hydrogens is 211 g/mol. The predicted octanol–water partition coefficient (Wildman–Crippen LogP) is 3.01. The molecule has 0 aliphatic heterocycles. The lowest BCUT2D eigenvalue weighted by atomic mass is 10.1. The van der Waals surface area contributed by atoms with Crippen LogP contribution in [-0.4, -0.2) is 11.1 Å². The van der Waals surface area contributed by atoms with E-state index in [1.54, 1.807) is 0 Å². The van der Waals surface area contributed by atoms with Crippen LogP contribution in [0.2, 0.25) is 0 Å². The maximum Gasteiger partial charge on any atom is 0.393 e. The SMILES string of the molecule is Cc1cc(CC(F)(F)F)ccc1[N+](=O)[O-]. The van der Waals surface area contributed by atoms with Crippen molar-refractivity contribution in [1.29, 1.82) is 0 Å². The second-order valence-corrected chi connectivity index (χ2v) is 3.17. The molecule has 0 aromatic heterocycles. The Bertz CT molecular complexity index is 387. The van der Waals surface area contributed by atoms with E-state index >= 15 is 0 Å². The Morgan fingerprint density at radius 1 is 1.40 bits per heavy atom. The Kier molecular flexibility index (Phi) is 2.97. The standard InChI is InChI=1S/C9H8F3NO2/c1-6-4-7(5-9(10,11)12)2-3-8(6)13(14)15/h2-4H,5H2,1H3. The van der Waals surface area contributed by atoms with Crippen LogP contribution in [0, 0.1) is 17.0 Å². The fourth-order valence-corrected chi connectivity index (χ4v) is 1.26. The molecule has 6 heteroatoms. The molecule has 15 heavy (non-hydrogen) atoms. The van der Waals surface area contributed by atoms with Gasteiger partial charge in [0.15, 0.2) is 0 Å². The van der Waals surface area contributed by atoms with Crippen LogP contribution in [-0.2, 0) is 6.42 Å². The predicted molar refractivity (Wildman–Crippen MR) is 47.6 cm³/mol. The van der Waals surface area contributed by atoms with Crippen LogP contribution in [0.4, 0.5) is 18.9 Å². The number of aryl methyl sites for hydroxylation is 1. The second-order valence-electron chi connectivity index (χ2n) is 3.17. The summed E-state index contributed by atoms with van der Waals surface area (Å²) in [5.74, 6) is 0. The molecule has 3 nitrogen and oxygen atoms in total. The molecule has 0 radical (unpaired) electrons. The van der Waals surface area contributed by atoms with Gasteiger partial charge in [-0.1, -0.05) is 6.07 Å². The quantitative estimate of drug-likeness (QED) is 0.566. The van der Waals surface area contributed by atoms with Gasteiger partial charge in [0.05, 0.1) is 11.3 Å². The molecule has 1 rings (SSSR count). The topological polar surface area (TPSA) is 43.1 Å². The van der Waals surface area contributed by atoms with Crippen molar-refractivity contribution in [1.82, 2.24) is 0 Å². The zero-order valence-corrected chi connectivity index (χ0v) is 7.84. The van der Waals surface area contributed by atoms with Crippen LogP contribution < -0.4 is 0 Å². The van der Waals surface area contributed by atoms with Crippen LogP contribution in [0.5, 0.6) is 0 Å². The molecule has 0 bridgehead atoms. The molecule has 0 atom stereocenters. The van der Waals surface area contributed by atoms with E-state index in [4.69, 9.17) is 0 Å². The van der Waals surface area contributed by atoms with Gasteiger partial charge in [-0.2, -0.15) is 13.2 Å². The summed E-state index contributed by atoms with van der Waals surface area (Å²) in [6, 6.07) is 3.40. The lowest BCUT2D eigenvalue weighted by Crippen LogP contribution is -2.11. The molecule has 82 valence electrons. The van der Waals surface area contributed by atoms with Gasteiger partial charge in [0.1, 0.15) is 0 Å². The third-order valence-electron chi connectivity index (χ3n) is 1.86. The maximum absolute atomic E-state index is 12.0. The first kappa shape index (κ1) is 11.5. The van der Waals surface area contributed by atoms with Gasteiger partial charge in [-0.25, -0.2) is 0 Å². The monoisotopic (exact) mass is 219 g/mol. The summed E-state index contributed by atoms with van der Waals surface area (Å²) in [4.78, 5) is 9.78. The smallest absolute Gasteiger partial charge is 0.258 e. The largest absolute Gasteiger partial charge is 0.393 e. The van der Waals surface area contributed by atoms with Gasteiger partial charge in [0, 0.05) is 11.6 Å². The lowest BCUT2D eigenvalue weighted by Gasteiger charge is -2.06. The second kappa shape index (κ2) is 3.88. The van der Waals surface area contributed by atoms with Crippen molar-refractivity contribution in [3.05, 3.63) is 39.4 Å². The molecule has 0 unspecified atom stereocenters. The van der Waals surface area contributed by atoms with E-state index in [0.29, 0.717) is 0 Å². The van der Waals surface area contributed by atoms with E-state index in [-0.39, 0.29) is 16.8 Å². The highest BCUT2D eigenvalue weighted by atomic mass is 19.4. The molecule has 0 saturated carbocycles. The van der Waals surface area contributed by atoms with Gasteiger partial charge < -0.3 is 0 Å². The first-order valence-corrected chi connectivity index (χ1v) is 4.10. The number of hydrogen-bond acceptors (Lipinski definition) is 2. The lowest BCUT2D eigenvalue weighted by molar-refractivity contribution is -0.385. The number of nitro groups is 1. The van der Waals surface area contributed by atoms with E-state index in [9.17, 15) is 23.3 Å². The number of rotatable bonds is 2. The van der Waals surface area contributed by atoms with Crippen molar-refractivity contribution in [3.63, 3.8) is 0 Å². The van der Waals surface area contributed by atoms with Gasteiger partial charge >= 0.3 is 6.18 Å². The zero-order valence-electron chi connectivity index (χ0n) is 7.84. The number of halogens is 3. The van der Waals surface area contributed by atoms with Gasteiger partial charge in [-0.05, 0) is 18.6 Å². The third-order valence-corrected chi connectivity index (χ3v) is 1.86. The van der Waals surface area contributed by atoms with E-state index < -0.39 is 17.5 Å². The van der Waals surface area contributed by atoms with Crippen LogP contribution in [0.25, 0.3) is 0 Å². The first-order valence-electron chi connectivity index (χ1n) is 4.10. The van der Waals surface area contributed by atoms with E-state index in [2.05, 4.69) is 0 Å². The fourth-order valence-electron chi connectivity index (χ4n) is 1.26. The summed E-state index contributed by atoms with van der Waals surface area (Å²) >= 11 is 0. The van der Waals surface area contributed by atoms with Gasteiger partial charge in [0.2, 0.25) is 0 Å². The maximum atomic E-state index is 12.0. The normalized spacial score (nSPS) is 11.5. The number of alkyl halides is 3. The van der Waals surface area contributed by atoms with Crippen LogP contribution in [0.3, 0.4) is 0 Å². The van der Waals surface area contributed by atoms with Crippen molar-refractivity contribution in [2.24, 2.45) is 0 Å². The molecule has 0 spiro atoms. The van der Waals surface area contributed by atoms with Crippen molar-refractivity contribution < 1.29 is 18.1 Å². The summed E-state index contributed by atoms with van der Waals surface area (Å²) in [6.45, 7) is 1.41. The number of benzene rings is 1. The molecule has 0 saturated heterocycles. The number of hydrogen-bond donors (Lipinski definition) is 0. The summed E-state index contributed by atoms with van der Waals surface area (Å²) in [6.07, 6.45) is -5.35. The fraction of sp³-hybridized carbons (Fsp3) is 0.333. The van der Waals surface area contributed by atoms with Crippen LogP contribution in [0.1, 0.15) is 11.1 Å². The molecule has 1 aromatic carbocycles. The Hall–Kier alpha value is -1.59. The summed E-state index contributed by atoms with van der Waals surface area (Å²) in [5.41, 5.74) is 0.105.